The number of piperazine rings is 1. The number of nitrogens with one attached hydrogen (secondary N) is 1. The van der Waals surface area contributed by atoms with Crippen molar-refractivity contribution in [3.63, 3.8) is 0 Å². The van der Waals surface area contributed by atoms with Crippen LogP contribution in [0.1, 0.15) is 13.8 Å². The molecule has 0 radical (unpaired) electrons. The molecule has 106 valence electrons. The lowest BCUT2D eigenvalue weighted by Gasteiger charge is -2.37. The highest BCUT2D eigenvalue weighted by Crippen LogP contribution is 2.27. The van der Waals surface area contributed by atoms with E-state index >= 15 is 0 Å². The monoisotopic (exact) mass is 350 g/mol. The second-order valence-electron chi connectivity index (χ2n) is 4.65. The molecule has 1 aliphatic heterocycles. The van der Waals surface area contributed by atoms with Crippen molar-refractivity contribution in [3.8, 4) is 0 Å². The Kier molecular flexibility index (Phi) is 4.29. The molecule has 1 aromatic rings. The van der Waals surface area contributed by atoms with Crippen LogP contribution in [-0.2, 0) is 10.0 Å². The normalized spacial score (nSPS) is 25.5. The molecule has 19 heavy (non-hydrogen) atoms. The molecule has 1 saturated heterocycles. The Hall–Kier alpha value is -0.500. The maximum atomic E-state index is 14.0. The highest BCUT2D eigenvalue weighted by atomic mass is 79.9. The fourth-order valence-corrected chi connectivity index (χ4v) is 4.46. The summed E-state index contributed by atoms with van der Waals surface area (Å²) >= 11 is 3.02. The fraction of sp³-hybridized carbons (Fsp3) is 0.500. The lowest BCUT2D eigenvalue weighted by atomic mass is 10.1. The average Bonchev–Trinajstić information content (AvgIpc) is 2.35. The van der Waals surface area contributed by atoms with E-state index in [0.717, 1.165) is 0 Å². The molecule has 1 aliphatic rings. The summed E-state index contributed by atoms with van der Waals surface area (Å²) in [5.74, 6) is -0.735. The summed E-state index contributed by atoms with van der Waals surface area (Å²) < 4.78 is 40.6. The fourth-order valence-electron chi connectivity index (χ4n) is 2.17. The summed E-state index contributed by atoms with van der Waals surface area (Å²) in [6.45, 7) is 4.66. The molecule has 2 rings (SSSR count). The predicted octanol–water partition coefficient (Wildman–Crippen LogP) is 1.96. The van der Waals surface area contributed by atoms with Gasteiger partial charge >= 0.3 is 0 Å². The first kappa shape index (κ1) is 14.9. The number of nitrogens with zero attached hydrogens (tertiary/aromatic N) is 1. The maximum Gasteiger partial charge on any atom is 0.246 e. The molecule has 1 fully saturated rings. The van der Waals surface area contributed by atoms with Gasteiger partial charge in [0.2, 0.25) is 10.0 Å². The summed E-state index contributed by atoms with van der Waals surface area (Å²) in [6.07, 6.45) is 0. The molecule has 0 aromatic heterocycles. The smallest absolute Gasteiger partial charge is 0.246 e. The topological polar surface area (TPSA) is 49.4 Å². The second kappa shape index (κ2) is 5.47. The number of sulfonamides is 1. The average molecular weight is 351 g/mol. The van der Waals surface area contributed by atoms with Crippen LogP contribution in [0.4, 0.5) is 4.39 Å². The highest BCUT2D eigenvalue weighted by molar-refractivity contribution is 9.10. The Morgan fingerprint density at radius 3 is 2.79 bits per heavy atom. The zero-order valence-corrected chi connectivity index (χ0v) is 13.1. The Morgan fingerprint density at radius 1 is 1.42 bits per heavy atom. The number of halogens is 2. The van der Waals surface area contributed by atoms with Crippen molar-refractivity contribution in [1.82, 2.24) is 9.62 Å². The van der Waals surface area contributed by atoms with Crippen LogP contribution in [-0.4, -0.2) is 37.9 Å². The van der Waals surface area contributed by atoms with Crippen molar-refractivity contribution in [2.75, 3.05) is 13.1 Å². The third kappa shape index (κ3) is 2.69. The third-order valence-electron chi connectivity index (χ3n) is 3.48. The van der Waals surface area contributed by atoms with Crippen LogP contribution < -0.4 is 5.32 Å². The van der Waals surface area contributed by atoms with E-state index < -0.39 is 15.8 Å². The third-order valence-corrected chi connectivity index (χ3v) is 6.10. The van der Waals surface area contributed by atoms with Crippen molar-refractivity contribution in [2.45, 2.75) is 30.8 Å². The quantitative estimate of drug-likeness (QED) is 0.886. The lowest BCUT2D eigenvalue weighted by molar-refractivity contribution is 0.232. The van der Waals surface area contributed by atoms with E-state index in [0.29, 0.717) is 13.1 Å². The van der Waals surface area contributed by atoms with Crippen molar-refractivity contribution in [3.05, 3.63) is 28.5 Å². The molecule has 0 aliphatic carbocycles. The Balaban J connectivity index is 2.45. The number of benzene rings is 1. The van der Waals surface area contributed by atoms with E-state index in [4.69, 9.17) is 0 Å². The Bertz CT molecular complexity index is 579. The Labute approximate surface area is 121 Å². The van der Waals surface area contributed by atoms with Gasteiger partial charge in [-0.2, -0.15) is 4.31 Å². The summed E-state index contributed by atoms with van der Waals surface area (Å²) in [7, 11) is -3.81. The van der Waals surface area contributed by atoms with E-state index in [2.05, 4.69) is 21.2 Å². The summed E-state index contributed by atoms with van der Waals surface area (Å²) in [5.41, 5.74) is 0. The van der Waals surface area contributed by atoms with Crippen LogP contribution in [0.2, 0.25) is 0 Å². The minimum absolute atomic E-state index is 0.0405. The standard InChI is InChI=1S/C12H16BrFN2O2S/c1-8-9(2)16(7-6-15-8)19(17,18)11-5-3-4-10(13)12(11)14/h3-5,8-9,15H,6-7H2,1-2H3. The molecule has 1 N–H and O–H groups in total. The minimum atomic E-state index is -3.81. The van der Waals surface area contributed by atoms with E-state index in [1.54, 1.807) is 0 Å². The van der Waals surface area contributed by atoms with Crippen molar-refractivity contribution in [2.24, 2.45) is 0 Å². The molecule has 0 bridgehead atoms. The maximum absolute atomic E-state index is 14.0. The molecule has 1 heterocycles. The Morgan fingerprint density at radius 2 is 2.11 bits per heavy atom. The lowest BCUT2D eigenvalue weighted by Crippen LogP contribution is -2.57. The van der Waals surface area contributed by atoms with E-state index in [9.17, 15) is 12.8 Å². The largest absolute Gasteiger partial charge is 0.311 e. The van der Waals surface area contributed by atoms with Gasteiger partial charge in [0.1, 0.15) is 4.90 Å². The molecule has 2 atom stereocenters. The van der Waals surface area contributed by atoms with Crippen LogP contribution in [0.15, 0.2) is 27.6 Å². The van der Waals surface area contributed by atoms with Crippen LogP contribution in [0.3, 0.4) is 0 Å². The van der Waals surface area contributed by atoms with Gasteiger partial charge in [-0.3, -0.25) is 0 Å². The minimum Gasteiger partial charge on any atom is -0.311 e. The van der Waals surface area contributed by atoms with Gasteiger partial charge in [0.25, 0.3) is 0 Å². The molecule has 1 aromatic carbocycles. The number of rotatable bonds is 2. The summed E-state index contributed by atoms with van der Waals surface area (Å²) in [5, 5.41) is 3.20. The van der Waals surface area contributed by atoms with Crippen molar-refractivity contribution in [1.29, 1.82) is 0 Å². The zero-order valence-electron chi connectivity index (χ0n) is 10.7. The van der Waals surface area contributed by atoms with Crippen LogP contribution in [0, 0.1) is 5.82 Å². The molecule has 2 unspecified atom stereocenters. The van der Waals surface area contributed by atoms with Gasteiger partial charge in [-0.15, -0.1) is 0 Å². The van der Waals surface area contributed by atoms with Crippen molar-refractivity contribution < 1.29 is 12.8 Å². The van der Waals surface area contributed by atoms with Gasteiger partial charge in [-0.25, -0.2) is 12.8 Å². The van der Waals surface area contributed by atoms with Gasteiger partial charge in [-0.05, 0) is 41.9 Å². The number of hydrogen-bond donors (Lipinski definition) is 1. The predicted molar refractivity (Wildman–Crippen MR) is 74.9 cm³/mol. The first-order valence-electron chi connectivity index (χ1n) is 6.05. The second-order valence-corrected chi connectivity index (χ2v) is 7.36. The van der Waals surface area contributed by atoms with E-state index in [1.807, 2.05) is 13.8 Å². The van der Waals surface area contributed by atoms with Crippen molar-refractivity contribution >= 4 is 26.0 Å². The molecular weight excluding hydrogens is 335 g/mol. The van der Waals surface area contributed by atoms with Crippen LogP contribution in [0.25, 0.3) is 0 Å². The van der Waals surface area contributed by atoms with Crippen LogP contribution >= 0.6 is 15.9 Å². The molecule has 4 nitrogen and oxygen atoms in total. The first-order chi connectivity index (χ1) is 8.85. The van der Waals surface area contributed by atoms with Gasteiger partial charge < -0.3 is 5.32 Å². The van der Waals surface area contributed by atoms with E-state index in [-0.39, 0.29) is 21.5 Å². The van der Waals surface area contributed by atoms with Gasteiger partial charge in [0.15, 0.2) is 5.82 Å². The van der Waals surface area contributed by atoms with Gasteiger partial charge in [0.05, 0.1) is 4.47 Å². The number of hydrogen-bond acceptors (Lipinski definition) is 3. The molecule has 7 heteroatoms. The zero-order chi connectivity index (χ0) is 14.2. The molecular formula is C12H16BrFN2O2S. The highest BCUT2D eigenvalue weighted by Gasteiger charge is 2.36. The van der Waals surface area contributed by atoms with Crippen LogP contribution in [0.5, 0.6) is 0 Å². The summed E-state index contributed by atoms with van der Waals surface area (Å²) in [4.78, 5) is -0.275. The van der Waals surface area contributed by atoms with Gasteiger partial charge in [-0.1, -0.05) is 6.07 Å². The van der Waals surface area contributed by atoms with E-state index in [1.165, 1.54) is 22.5 Å². The molecule has 0 saturated carbocycles. The summed E-state index contributed by atoms with van der Waals surface area (Å²) in [6, 6.07) is 4.14. The first-order valence-corrected chi connectivity index (χ1v) is 8.28. The molecule has 0 amide bonds. The molecule has 0 spiro atoms. The SMILES string of the molecule is CC1NCCN(S(=O)(=O)c2cccc(Br)c2F)C1C. The van der Waals surface area contributed by atoms with Gasteiger partial charge in [0, 0.05) is 25.2 Å².